The molecule has 11 heteroatoms. The average Bonchev–Trinajstić information content (AvgIpc) is 3.45. The molecule has 7 rings (SSSR count). The van der Waals surface area contributed by atoms with Crippen LogP contribution in [-0.4, -0.2) is 40.9 Å². The summed E-state index contributed by atoms with van der Waals surface area (Å²) in [5.74, 6) is 3.04. The number of aromatic nitrogens is 7. The molecule has 0 bridgehead atoms. The Morgan fingerprint density at radius 2 is 2.05 bits per heavy atom. The fourth-order valence-corrected chi connectivity index (χ4v) is 5.17. The quantitative estimate of drug-likeness (QED) is 0.382. The summed E-state index contributed by atoms with van der Waals surface area (Å²) in [5.41, 5.74) is 10.0. The monoisotopic (exact) mass is 497 g/mol. The Bertz CT molecular complexity index is 1670. The molecule has 7 heterocycles. The average molecular weight is 498 g/mol. The molecule has 0 spiro atoms. The molecule has 5 aromatic rings. The third kappa shape index (κ3) is 3.65. The predicted octanol–water partition coefficient (Wildman–Crippen LogP) is 4.12. The van der Waals surface area contributed by atoms with Crippen LogP contribution in [0.4, 0.5) is 21.8 Å². The number of ether oxygens (including phenoxy) is 1. The summed E-state index contributed by atoms with van der Waals surface area (Å²) in [6, 6.07) is 5.88. The van der Waals surface area contributed by atoms with Gasteiger partial charge in [0.1, 0.15) is 23.6 Å². The lowest BCUT2D eigenvalue weighted by Gasteiger charge is -2.22. The van der Waals surface area contributed by atoms with E-state index in [0.717, 1.165) is 46.4 Å². The zero-order chi connectivity index (χ0) is 25.1. The number of anilines is 3. The number of hydrogen-bond acceptors (Lipinski definition) is 8. The van der Waals surface area contributed by atoms with Gasteiger partial charge in [-0.2, -0.15) is 5.10 Å². The van der Waals surface area contributed by atoms with Crippen LogP contribution in [0.15, 0.2) is 43.0 Å². The van der Waals surface area contributed by atoms with Gasteiger partial charge >= 0.3 is 0 Å². The van der Waals surface area contributed by atoms with E-state index in [4.69, 9.17) is 15.6 Å². The second-order valence-electron chi connectivity index (χ2n) is 9.39. The van der Waals surface area contributed by atoms with Crippen LogP contribution < -0.4 is 15.8 Å². The minimum atomic E-state index is -1.11. The van der Waals surface area contributed by atoms with E-state index in [2.05, 4.69) is 29.8 Å². The molecular weight excluding hydrogens is 473 g/mol. The SMILES string of the molecule is Cc1c(-c2cc3cc(Nc4cc5n(n4)Cc4nccn4CC5)ncc3c(N)n2)cnc2c1[C@@H](F)CCO2. The molecular formula is C26H24FN9O. The fraction of sp³-hybridized carbons (Fsp3) is 0.269. The highest BCUT2D eigenvalue weighted by molar-refractivity contribution is 5.95. The van der Waals surface area contributed by atoms with Crippen LogP contribution in [0.2, 0.25) is 0 Å². The second-order valence-corrected chi connectivity index (χ2v) is 9.39. The van der Waals surface area contributed by atoms with Gasteiger partial charge in [0, 0.05) is 66.9 Å². The number of nitrogens with two attached hydrogens (primary N) is 1. The normalized spacial score (nSPS) is 16.4. The summed E-state index contributed by atoms with van der Waals surface area (Å²) in [7, 11) is 0. The maximum atomic E-state index is 14.7. The van der Waals surface area contributed by atoms with Crippen LogP contribution in [0, 0.1) is 6.92 Å². The predicted molar refractivity (Wildman–Crippen MR) is 136 cm³/mol. The Balaban J connectivity index is 1.22. The molecule has 0 fully saturated rings. The Labute approximate surface area is 211 Å². The number of hydrogen-bond donors (Lipinski definition) is 2. The van der Waals surface area contributed by atoms with E-state index in [9.17, 15) is 4.39 Å². The first kappa shape index (κ1) is 21.7. The molecule has 186 valence electrons. The lowest BCUT2D eigenvalue weighted by atomic mass is 9.96. The van der Waals surface area contributed by atoms with Crippen molar-refractivity contribution < 1.29 is 9.13 Å². The van der Waals surface area contributed by atoms with Gasteiger partial charge < -0.3 is 20.4 Å². The van der Waals surface area contributed by atoms with Gasteiger partial charge in [-0.15, -0.1) is 0 Å². The standard InChI is InChI=1S/C26H24FN9O/c1-14-17(11-31-26-24(14)19(27)3-7-37-26)20-8-15-9-21(30-12-18(15)25(28)32-20)33-22-10-16-2-5-35-6-4-29-23(35)13-36(16)34-22/h4,6,8-12,19H,2-3,5,7,13H2,1H3,(H2,28,32)(H,30,33,34)/t19-/m0/s1. The highest BCUT2D eigenvalue weighted by Gasteiger charge is 2.26. The molecule has 0 aliphatic carbocycles. The molecule has 3 N–H and O–H groups in total. The van der Waals surface area contributed by atoms with Crippen molar-refractivity contribution >= 4 is 28.2 Å². The summed E-state index contributed by atoms with van der Waals surface area (Å²) in [5, 5.41) is 9.63. The van der Waals surface area contributed by atoms with Crippen molar-refractivity contribution in [2.45, 2.75) is 39.0 Å². The van der Waals surface area contributed by atoms with E-state index in [1.807, 2.05) is 42.2 Å². The molecule has 0 unspecified atom stereocenters. The van der Waals surface area contributed by atoms with E-state index >= 15 is 0 Å². The van der Waals surface area contributed by atoms with E-state index in [1.54, 1.807) is 12.4 Å². The smallest absolute Gasteiger partial charge is 0.219 e. The van der Waals surface area contributed by atoms with Crippen LogP contribution in [0.1, 0.15) is 35.2 Å². The van der Waals surface area contributed by atoms with Crippen LogP contribution >= 0.6 is 0 Å². The summed E-state index contributed by atoms with van der Waals surface area (Å²) in [6.07, 6.45) is 7.26. The molecule has 2 aliphatic rings. The van der Waals surface area contributed by atoms with Crippen molar-refractivity contribution in [2.24, 2.45) is 0 Å². The summed E-state index contributed by atoms with van der Waals surface area (Å²) in [6.45, 7) is 3.69. The molecule has 0 aromatic carbocycles. The van der Waals surface area contributed by atoms with E-state index in [-0.39, 0.29) is 0 Å². The zero-order valence-corrected chi connectivity index (χ0v) is 20.1. The molecule has 0 saturated carbocycles. The number of nitrogens with one attached hydrogen (secondary N) is 1. The Morgan fingerprint density at radius 1 is 1.14 bits per heavy atom. The van der Waals surface area contributed by atoms with Gasteiger partial charge in [0.25, 0.3) is 0 Å². The molecule has 0 saturated heterocycles. The van der Waals surface area contributed by atoms with Crippen molar-refractivity contribution in [3.8, 4) is 17.1 Å². The van der Waals surface area contributed by atoms with Crippen LogP contribution in [-0.2, 0) is 19.5 Å². The molecule has 5 aromatic heterocycles. The maximum Gasteiger partial charge on any atom is 0.219 e. The number of nitrogens with zero attached hydrogens (tertiary/aromatic N) is 7. The number of aryl methyl sites for hydroxylation is 2. The third-order valence-electron chi connectivity index (χ3n) is 7.11. The molecule has 2 aliphatic heterocycles. The number of nitrogen functional groups attached to an aromatic ring is 1. The van der Waals surface area contributed by atoms with Gasteiger partial charge in [0.05, 0.1) is 24.4 Å². The van der Waals surface area contributed by atoms with Gasteiger partial charge in [-0.05, 0) is 30.0 Å². The maximum absolute atomic E-state index is 14.7. The van der Waals surface area contributed by atoms with Crippen LogP contribution in [0.3, 0.4) is 0 Å². The van der Waals surface area contributed by atoms with E-state index in [0.29, 0.717) is 54.2 Å². The minimum absolute atomic E-state index is 0.313. The number of fused-ring (bicyclic) bond motifs is 4. The number of pyridine rings is 3. The van der Waals surface area contributed by atoms with Crippen molar-refractivity contribution in [3.05, 3.63) is 65.6 Å². The highest BCUT2D eigenvalue weighted by atomic mass is 19.1. The summed E-state index contributed by atoms with van der Waals surface area (Å²) >= 11 is 0. The largest absolute Gasteiger partial charge is 0.477 e. The summed E-state index contributed by atoms with van der Waals surface area (Å²) < 4.78 is 24.4. The highest BCUT2D eigenvalue weighted by Crippen LogP contribution is 2.39. The zero-order valence-electron chi connectivity index (χ0n) is 20.1. The minimum Gasteiger partial charge on any atom is -0.477 e. The third-order valence-corrected chi connectivity index (χ3v) is 7.11. The van der Waals surface area contributed by atoms with E-state index < -0.39 is 6.17 Å². The van der Waals surface area contributed by atoms with Gasteiger partial charge in [-0.25, -0.2) is 24.3 Å². The van der Waals surface area contributed by atoms with Crippen LogP contribution in [0.5, 0.6) is 5.88 Å². The molecule has 0 amide bonds. The topological polar surface area (TPSA) is 122 Å². The fourth-order valence-electron chi connectivity index (χ4n) is 5.17. The van der Waals surface area contributed by atoms with Crippen molar-refractivity contribution in [1.29, 1.82) is 0 Å². The van der Waals surface area contributed by atoms with Gasteiger partial charge in [-0.1, -0.05) is 0 Å². The van der Waals surface area contributed by atoms with Crippen molar-refractivity contribution in [3.63, 3.8) is 0 Å². The van der Waals surface area contributed by atoms with Gasteiger partial charge in [0.2, 0.25) is 5.88 Å². The Morgan fingerprint density at radius 3 is 2.97 bits per heavy atom. The van der Waals surface area contributed by atoms with Gasteiger partial charge in [0.15, 0.2) is 5.82 Å². The first-order valence-corrected chi connectivity index (χ1v) is 12.2. The molecule has 0 radical (unpaired) electrons. The summed E-state index contributed by atoms with van der Waals surface area (Å²) in [4.78, 5) is 17.9. The molecule has 10 nitrogen and oxygen atoms in total. The van der Waals surface area contributed by atoms with Crippen molar-refractivity contribution in [1.82, 2.24) is 34.3 Å². The number of rotatable bonds is 3. The second kappa shape index (κ2) is 8.26. The Hall–Kier alpha value is -4.54. The Kier molecular flexibility index (Phi) is 4.85. The van der Waals surface area contributed by atoms with E-state index in [1.165, 1.54) is 0 Å². The lowest BCUT2D eigenvalue weighted by molar-refractivity contribution is 0.192. The number of imidazole rings is 1. The lowest BCUT2D eigenvalue weighted by Crippen LogP contribution is -2.14. The first-order valence-electron chi connectivity index (χ1n) is 12.2. The molecule has 1 atom stereocenters. The van der Waals surface area contributed by atoms with Gasteiger partial charge in [-0.3, -0.25) is 4.68 Å². The van der Waals surface area contributed by atoms with Crippen molar-refractivity contribution in [2.75, 3.05) is 17.7 Å². The van der Waals surface area contributed by atoms with Crippen LogP contribution in [0.25, 0.3) is 22.0 Å². The number of halogens is 1. The first-order chi connectivity index (χ1) is 18.0. The number of alkyl halides is 1. The molecule has 37 heavy (non-hydrogen) atoms.